The number of aromatic nitrogens is 1. The van der Waals surface area contributed by atoms with Crippen LogP contribution < -0.4 is 10.6 Å². The number of rotatable bonds is 6. The summed E-state index contributed by atoms with van der Waals surface area (Å²) in [6.45, 7) is 4.88. The minimum atomic E-state index is 0.938. The molecule has 0 saturated carbocycles. The molecule has 3 N–H and O–H groups in total. The van der Waals surface area contributed by atoms with E-state index in [1.165, 1.54) is 88.9 Å². The lowest BCUT2D eigenvalue weighted by atomic mass is 9.92. The average molecular weight is 289 g/mol. The second-order valence-corrected chi connectivity index (χ2v) is 6.97. The zero-order valence-electron chi connectivity index (χ0n) is 13.3. The van der Waals surface area contributed by atoms with Crippen molar-refractivity contribution in [1.82, 2.24) is 15.6 Å². The van der Waals surface area contributed by atoms with Gasteiger partial charge in [-0.05, 0) is 102 Å². The van der Waals surface area contributed by atoms with Crippen LogP contribution in [0.25, 0.3) is 0 Å². The Labute approximate surface area is 129 Å². The van der Waals surface area contributed by atoms with Crippen molar-refractivity contribution in [3.63, 3.8) is 0 Å². The quantitative estimate of drug-likeness (QED) is 0.753. The Morgan fingerprint density at radius 3 is 1.57 bits per heavy atom. The molecule has 2 aliphatic heterocycles. The van der Waals surface area contributed by atoms with Crippen molar-refractivity contribution < 1.29 is 0 Å². The van der Waals surface area contributed by atoms with E-state index in [1.807, 2.05) is 0 Å². The number of hydrogen-bond acceptors (Lipinski definition) is 2. The molecule has 0 bridgehead atoms. The second-order valence-electron chi connectivity index (χ2n) is 6.97. The fourth-order valence-corrected chi connectivity index (χ4v) is 3.84. The molecule has 118 valence electrons. The fourth-order valence-electron chi connectivity index (χ4n) is 3.84. The summed E-state index contributed by atoms with van der Waals surface area (Å²) in [7, 11) is 0. The van der Waals surface area contributed by atoms with Crippen LogP contribution in [0.15, 0.2) is 12.1 Å². The van der Waals surface area contributed by atoms with Gasteiger partial charge in [0.25, 0.3) is 0 Å². The Morgan fingerprint density at radius 2 is 1.14 bits per heavy atom. The predicted molar refractivity (Wildman–Crippen MR) is 88.6 cm³/mol. The molecule has 0 atom stereocenters. The zero-order chi connectivity index (χ0) is 14.3. The molecule has 2 saturated heterocycles. The summed E-state index contributed by atoms with van der Waals surface area (Å²) in [5.74, 6) is 1.88. The first-order chi connectivity index (χ1) is 10.4. The maximum absolute atomic E-state index is 3.66. The SMILES string of the molecule is c1cc(CCC2CCNCC2)[nH]c1CCC1CCNCC1. The molecule has 2 fully saturated rings. The van der Waals surface area contributed by atoms with E-state index in [-0.39, 0.29) is 0 Å². The van der Waals surface area contributed by atoms with Gasteiger partial charge in [0.1, 0.15) is 0 Å². The van der Waals surface area contributed by atoms with Crippen molar-refractivity contribution in [3.8, 4) is 0 Å². The van der Waals surface area contributed by atoms with Gasteiger partial charge >= 0.3 is 0 Å². The van der Waals surface area contributed by atoms with E-state index in [1.54, 1.807) is 0 Å². The molecule has 0 radical (unpaired) electrons. The Kier molecular flexibility index (Phi) is 5.75. The third kappa shape index (κ3) is 4.86. The molecule has 1 aromatic heterocycles. The number of piperidine rings is 2. The van der Waals surface area contributed by atoms with Crippen LogP contribution in [-0.2, 0) is 12.8 Å². The Morgan fingerprint density at radius 1 is 0.714 bits per heavy atom. The molecule has 3 heterocycles. The van der Waals surface area contributed by atoms with E-state index in [4.69, 9.17) is 0 Å². The number of nitrogens with one attached hydrogen (secondary N) is 3. The lowest BCUT2D eigenvalue weighted by Crippen LogP contribution is -2.28. The van der Waals surface area contributed by atoms with Crippen LogP contribution in [-0.4, -0.2) is 31.2 Å². The number of hydrogen-bond donors (Lipinski definition) is 3. The number of aromatic amines is 1. The van der Waals surface area contributed by atoms with E-state index < -0.39 is 0 Å². The van der Waals surface area contributed by atoms with E-state index >= 15 is 0 Å². The van der Waals surface area contributed by atoms with Gasteiger partial charge in [-0.1, -0.05) is 0 Å². The maximum atomic E-state index is 3.66. The molecule has 3 nitrogen and oxygen atoms in total. The Hall–Kier alpha value is -0.800. The summed E-state index contributed by atoms with van der Waals surface area (Å²) in [6, 6.07) is 4.64. The van der Waals surface area contributed by atoms with Gasteiger partial charge < -0.3 is 15.6 Å². The van der Waals surface area contributed by atoms with Gasteiger partial charge in [-0.15, -0.1) is 0 Å². The van der Waals surface area contributed by atoms with Crippen LogP contribution in [0.1, 0.15) is 49.9 Å². The molecule has 0 aromatic carbocycles. The van der Waals surface area contributed by atoms with Gasteiger partial charge in [0.2, 0.25) is 0 Å². The third-order valence-electron chi connectivity index (χ3n) is 5.37. The summed E-state index contributed by atoms with van der Waals surface area (Å²) in [4.78, 5) is 3.66. The van der Waals surface area contributed by atoms with Crippen molar-refractivity contribution in [2.45, 2.75) is 51.4 Å². The van der Waals surface area contributed by atoms with Crippen molar-refractivity contribution in [2.24, 2.45) is 11.8 Å². The van der Waals surface area contributed by atoms with E-state index in [0.29, 0.717) is 0 Å². The van der Waals surface area contributed by atoms with Gasteiger partial charge in [0.15, 0.2) is 0 Å². The number of aryl methyl sites for hydroxylation is 2. The first kappa shape index (κ1) is 15.1. The highest BCUT2D eigenvalue weighted by molar-refractivity contribution is 5.13. The van der Waals surface area contributed by atoms with Gasteiger partial charge in [-0.25, -0.2) is 0 Å². The second kappa shape index (κ2) is 8.00. The van der Waals surface area contributed by atoms with Crippen LogP contribution in [0.5, 0.6) is 0 Å². The van der Waals surface area contributed by atoms with E-state index in [0.717, 1.165) is 11.8 Å². The molecular formula is C18H31N3. The zero-order valence-corrected chi connectivity index (χ0v) is 13.3. The lowest BCUT2D eigenvalue weighted by Gasteiger charge is -2.22. The monoisotopic (exact) mass is 289 g/mol. The Bertz CT molecular complexity index is 364. The van der Waals surface area contributed by atoms with E-state index in [2.05, 4.69) is 27.8 Å². The van der Waals surface area contributed by atoms with Crippen LogP contribution in [0, 0.1) is 11.8 Å². The molecule has 3 rings (SSSR count). The molecule has 0 unspecified atom stereocenters. The summed E-state index contributed by atoms with van der Waals surface area (Å²) in [6.07, 6.45) is 10.6. The van der Waals surface area contributed by atoms with Crippen molar-refractivity contribution in [2.75, 3.05) is 26.2 Å². The highest BCUT2D eigenvalue weighted by Crippen LogP contribution is 2.21. The average Bonchev–Trinajstić information content (AvgIpc) is 3.01. The smallest absolute Gasteiger partial charge is 0.0149 e. The van der Waals surface area contributed by atoms with Gasteiger partial charge in [-0.2, -0.15) is 0 Å². The van der Waals surface area contributed by atoms with Crippen LogP contribution in [0.3, 0.4) is 0 Å². The standard InChI is InChI=1S/C18H31N3/c1(15-7-11-19-12-8-15)3-17-5-6-18(21-17)4-2-16-9-13-20-14-10-16/h5-6,15-16,19-21H,1-4,7-14H2. The minimum absolute atomic E-state index is 0.938. The normalized spacial score (nSPS) is 21.7. The molecule has 21 heavy (non-hydrogen) atoms. The number of H-pyrrole nitrogens is 1. The molecule has 3 heteroatoms. The maximum Gasteiger partial charge on any atom is 0.0149 e. The molecular weight excluding hydrogens is 258 g/mol. The van der Waals surface area contributed by atoms with Crippen LogP contribution in [0.2, 0.25) is 0 Å². The highest BCUT2D eigenvalue weighted by atomic mass is 14.9. The third-order valence-corrected chi connectivity index (χ3v) is 5.37. The summed E-state index contributed by atoms with van der Waals surface area (Å²) < 4.78 is 0. The van der Waals surface area contributed by atoms with Crippen LogP contribution >= 0.6 is 0 Å². The van der Waals surface area contributed by atoms with Gasteiger partial charge in [-0.3, -0.25) is 0 Å². The first-order valence-electron chi connectivity index (χ1n) is 8.98. The topological polar surface area (TPSA) is 39.9 Å². The highest BCUT2D eigenvalue weighted by Gasteiger charge is 2.14. The fraction of sp³-hybridized carbons (Fsp3) is 0.778. The molecule has 0 spiro atoms. The predicted octanol–water partition coefficient (Wildman–Crippen LogP) is 2.88. The molecule has 2 aliphatic rings. The van der Waals surface area contributed by atoms with Crippen molar-refractivity contribution >= 4 is 0 Å². The Balaban J connectivity index is 1.38. The van der Waals surface area contributed by atoms with Crippen LogP contribution in [0.4, 0.5) is 0 Å². The lowest BCUT2D eigenvalue weighted by molar-refractivity contribution is 0.352. The summed E-state index contributed by atoms with van der Waals surface area (Å²) in [5.41, 5.74) is 2.91. The largest absolute Gasteiger partial charge is 0.362 e. The van der Waals surface area contributed by atoms with Crippen molar-refractivity contribution in [3.05, 3.63) is 23.5 Å². The van der Waals surface area contributed by atoms with E-state index in [9.17, 15) is 0 Å². The minimum Gasteiger partial charge on any atom is -0.362 e. The molecule has 0 amide bonds. The van der Waals surface area contributed by atoms with Crippen molar-refractivity contribution in [1.29, 1.82) is 0 Å². The molecule has 1 aromatic rings. The van der Waals surface area contributed by atoms with Gasteiger partial charge in [0, 0.05) is 11.4 Å². The summed E-state index contributed by atoms with van der Waals surface area (Å²) in [5, 5.41) is 6.91. The molecule has 0 aliphatic carbocycles. The first-order valence-corrected chi connectivity index (χ1v) is 8.98. The summed E-state index contributed by atoms with van der Waals surface area (Å²) >= 11 is 0. The van der Waals surface area contributed by atoms with Gasteiger partial charge in [0.05, 0.1) is 0 Å².